The molecule has 0 saturated carbocycles. The third kappa shape index (κ3) is 10.6. The molecule has 1 N–H and O–H groups in total. The molecule has 19 valence electrons. The normalized spacial score (nSPS) is 2.25. The summed E-state index contributed by atoms with van der Waals surface area (Å²) in [5.41, 5.74) is 0. The van der Waals surface area contributed by atoms with Gasteiger partial charge in [0.25, 0.3) is 0 Å². The van der Waals surface area contributed by atoms with Gasteiger partial charge in [0.1, 0.15) is 0 Å². The second-order valence-corrected chi connectivity index (χ2v) is 0.540. The molecular formula is H2LiO2Zr. The molecule has 4 heavy (non-hydrogen) atoms. The van der Waals surface area contributed by atoms with Crippen molar-refractivity contribution in [1.82, 2.24) is 0 Å². The van der Waals surface area contributed by atoms with E-state index in [1.807, 2.05) is 0 Å². The van der Waals surface area contributed by atoms with Crippen LogP contribution in [0, 0.1) is 0 Å². The molecule has 0 aliphatic rings. The maximum absolute atomic E-state index is 8.66. The van der Waals surface area contributed by atoms with Gasteiger partial charge in [-0.15, -0.1) is 0 Å². The minimum atomic E-state index is -2.02. The Balaban J connectivity index is 0. The molecular weight excluding hydrogens is 130 g/mol. The summed E-state index contributed by atoms with van der Waals surface area (Å²) in [6.45, 7) is 0. The second-order valence-electron chi connectivity index (χ2n) is 0.0913. The van der Waals surface area contributed by atoms with Crippen LogP contribution in [-0.4, -0.2) is 22.0 Å². The molecule has 0 unspecified atom stereocenters. The van der Waals surface area contributed by atoms with Crippen molar-refractivity contribution in [3.05, 3.63) is 0 Å². The maximum atomic E-state index is 8.66. The zero-order chi connectivity index (χ0) is 2.71. The molecule has 0 aliphatic carbocycles. The van der Waals surface area contributed by atoms with E-state index in [4.69, 9.17) is 6.00 Å². The van der Waals surface area contributed by atoms with Crippen LogP contribution in [0.3, 0.4) is 0 Å². The van der Waals surface area contributed by atoms with Crippen LogP contribution in [0.2, 0.25) is 0 Å². The van der Waals surface area contributed by atoms with Crippen LogP contribution >= 0.6 is 0 Å². The third-order valence-corrected chi connectivity index (χ3v) is 0. The fourth-order valence-corrected chi connectivity index (χ4v) is 0. The molecule has 0 aliphatic heterocycles. The van der Waals surface area contributed by atoms with E-state index in [2.05, 4.69) is 0 Å². The summed E-state index contributed by atoms with van der Waals surface area (Å²) in [4.78, 5) is 0. The van der Waals surface area contributed by atoms with Crippen LogP contribution in [0.1, 0.15) is 0 Å². The average Bonchev–Trinajstić information content (AvgIpc) is 0.918. The monoisotopic (exact) mass is 131 g/mol. The Hall–Kier alpha value is 1.24. The van der Waals surface area contributed by atoms with Gasteiger partial charge in [-0.2, -0.15) is 0 Å². The third-order valence-electron chi connectivity index (χ3n) is 0. The Morgan fingerprint density at radius 1 is 1.75 bits per heavy atom. The molecule has 0 amide bonds. The molecule has 0 saturated heterocycles. The van der Waals surface area contributed by atoms with E-state index < -0.39 is 23.7 Å². The summed E-state index contributed by atoms with van der Waals surface area (Å²) >= 11 is -2.02. The summed E-state index contributed by atoms with van der Waals surface area (Å²) in [6.07, 6.45) is 0. The molecule has 0 spiro atoms. The molecule has 4 heteroatoms. The first-order valence-electron chi connectivity index (χ1n) is 0.428. The van der Waals surface area contributed by atoms with Gasteiger partial charge in [-0.25, -0.2) is 0 Å². The summed E-state index contributed by atoms with van der Waals surface area (Å²) in [7, 11) is 0. The van der Waals surface area contributed by atoms with E-state index in [-0.39, 0.29) is 18.9 Å². The fraction of sp³-hybridized carbons (Fsp3) is 0. The van der Waals surface area contributed by atoms with Crippen LogP contribution in [0.25, 0.3) is 0 Å². The van der Waals surface area contributed by atoms with Crippen molar-refractivity contribution >= 4 is 18.9 Å². The number of hydrogen-bond donors (Lipinski definition) is 1. The standard InChI is InChI=1S/Li.H2O.O.Zr.H/h;1H2;;;/q;;;+1;/p-1. The molecule has 0 aromatic carbocycles. The Kier molecular flexibility index (Phi) is 19.9. The topological polar surface area (TPSA) is 37.3 Å². The summed E-state index contributed by atoms with van der Waals surface area (Å²) in [5, 5.41) is 0. The van der Waals surface area contributed by atoms with Crippen LogP contribution in [0.4, 0.5) is 0 Å². The van der Waals surface area contributed by atoms with Gasteiger partial charge < -0.3 is 0 Å². The molecule has 0 radical (unpaired) electrons. The molecule has 0 fully saturated rings. The van der Waals surface area contributed by atoms with Gasteiger partial charge in [0, 0.05) is 0 Å². The zero-order valence-corrected chi connectivity index (χ0v) is 3.81. The Bertz CT molecular complexity index is 13.5. The van der Waals surface area contributed by atoms with Crippen molar-refractivity contribution < 1.29 is 29.7 Å². The molecule has 0 aromatic heterocycles. The van der Waals surface area contributed by atoms with E-state index in [0.717, 1.165) is 0 Å². The summed E-state index contributed by atoms with van der Waals surface area (Å²) in [5.74, 6) is 0. The molecule has 0 heterocycles. The first-order valence-corrected chi connectivity index (χ1v) is 2.53. The molecule has 0 bridgehead atoms. The van der Waals surface area contributed by atoms with Crippen molar-refractivity contribution in [3.8, 4) is 0 Å². The van der Waals surface area contributed by atoms with Gasteiger partial charge in [0.15, 0.2) is 0 Å². The van der Waals surface area contributed by atoms with E-state index in [1.165, 1.54) is 0 Å². The predicted molar refractivity (Wildman–Crippen MR) is 10.1 cm³/mol. The Labute approximate surface area is 48.4 Å². The Morgan fingerprint density at radius 3 is 1.75 bits per heavy atom. The van der Waals surface area contributed by atoms with Crippen LogP contribution < -0.4 is 0 Å². The van der Waals surface area contributed by atoms with E-state index in [1.54, 1.807) is 0 Å². The van der Waals surface area contributed by atoms with Gasteiger partial charge in [-0.1, -0.05) is 0 Å². The van der Waals surface area contributed by atoms with Gasteiger partial charge >= 0.3 is 48.5 Å². The SMILES string of the molecule is [LiH].[O]=[Zr][OH]. The zero-order valence-electron chi connectivity index (χ0n) is 1.36. The van der Waals surface area contributed by atoms with Gasteiger partial charge in [0.05, 0.1) is 0 Å². The number of hydrogen-bond acceptors (Lipinski definition) is 1. The van der Waals surface area contributed by atoms with Crippen molar-refractivity contribution in [3.63, 3.8) is 0 Å². The van der Waals surface area contributed by atoms with Gasteiger partial charge in [-0.05, 0) is 0 Å². The molecule has 0 rings (SSSR count). The van der Waals surface area contributed by atoms with Gasteiger partial charge in [-0.3, -0.25) is 0 Å². The van der Waals surface area contributed by atoms with Crippen molar-refractivity contribution in [2.45, 2.75) is 0 Å². The van der Waals surface area contributed by atoms with Crippen molar-refractivity contribution in [1.29, 1.82) is 0 Å². The first kappa shape index (κ1) is 8.97. The van der Waals surface area contributed by atoms with Crippen LogP contribution in [0.15, 0.2) is 0 Å². The average molecular weight is 132 g/mol. The number of rotatable bonds is 0. The molecule has 2 nitrogen and oxygen atoms in total. The summed E-state index contributed by atoms with van der Waals surface area (Å²) in [6, 6.07) is 0. The predicted octanol–water partition coefficient (Wildman–Crippen LogP) is -1.33. The quantitative estimate of drug-likeness (QED) is 0.415. The van der Waals surface area contributed by atoms with Crippen molar-refractivity contribution in [2.24, 2.45) is 0 Å². The van der Waals surface area contributed by atoms with E-state index >= 15 is 0 Å². The van der Waals surface area contributed by atoms with Crippen LogP contribution in [-0.2, 0) is 26.5 Å². The Morgan fingerprint density at radius 2 is 1.75 bits per heavy atom. The van der Waals surface area contributed by atoms with Crippen LogP contribution in [0.5, 0.6) is 0 Å². The first-order chi connectivity index (χ1) is 1.41. The van der Waals surface area contributed by atoms with Gasteiger partial charge in [0.2, 0.25) is 0 Å². The van der Waals surface area contributed by atoms with Crippen molar-refractivity contribution in [2.75, 3.05) is 0 Å². The molecule has 0 aromatic rings. The second kappa shape index (κ2) is 8.87. The molecule has 0 atom stereocenters. The fourth-order valence-electron chi connectivity index (χ4n) is 0. The van der Waals surface area contributed by atoms with E-state index in [0.29, 0.717) is 0 Å². The van der Waals surface area contributed by atoms with E-state index in [9.17, 15) is 0 Å². The summed E-state index contributed by atoms with van der Waals surface area (Å²) < 4.78 is 15.8. The minimum absolute atomic E-state index is 0.